The van der Waals surface area contributed by atoms with Crippen LogP contribution in [0.1, 0.15) is 136 Å². The zero-order chi connectivity index (χ0) is 42.8. The number of pyridine rings is 1. The number of piperidine rings is 1. The number of anilines is 1. The van der Waals surface area contributed by atoms with Crippen LogP contribution in [0.3, 0.4) is 0 Å². The van der Waals surface area contributed by atoms with Crippen molar-refractivity contribution in [2.75, 3.05) is 18.9 Å². The number of nitrogen functional groups attached to an aromatic ring is 1. The maximum absolute atomic E-state index is 13.3. The lowest BCUT2D eigenvalue weighted by molar-refractivity contribution is -0.136. The number of carbonyl (C=O) groups excluding carboxylic acids is 5. The smallest absolute Gasteiger partial charge is 0.262 e. The molecule has 17 nitrogen and oxygen atoms in total. The number of nitrogens with two attached hydrogens (primary N) is 1. The topological polar surface area (TPSA) is 238 Å². The first-order valence-corrected chi connectivity index (χ1v) is 20.8. The molecule has 318 valence electrons. The van der Waals surface area contributed by atoms with Gasteiger partial charge in [-0.1, -0.05) is 56.6 Å². The molecule has 5 amide bonds. The molecule has 4 aromatic rings. The minimum absolute atomic E-state index is 0.0594. The lowest BCUT2D eigenvalue weighted by Crippen LogP contribution is -2.54. The molecular weight excluding hydrogens is 771 g/mol. The number of hydrogen-bond donors (Lipinski definition) is 4. The van der Waals surface area contributed by atoms with Crippen LogP contribution in [-0.4, -0.2) is 89.2 Å². The predicted molar refractivity (Wildman–Crippen MR) is 220 cm³/mol. The third-order valence-electron chi connectivity index (χ3n) is 10.6. The van der Waals surface area contributed by atoms with E-state index in [0.29, 0.717) is 77.7 Å². The lowest BCUT2D eigenvalue weighted by atomic mass is 9.97. The first-order chi connectivity index (χ1) is 28.9. The van der Waals surface area contributed by atoms with Crippen molar-refractivity contribution < 1.29 is 38.4 Å². The summed E-state index contributed by atoms with van der Waals surface area (Å²) in [6.45, 7) is 6.76. The number of ether oxygens (including phenoxy) is 1. The van der Waals surface area contributed by atoms with Crippen molar-refractivity contribution in [1.82, 2.24) is 40.4 Å². The molecule has 2 aliphatic heterocycles. The fraction of sp³-hybridized carbons (Fsp3) is 0.512. The van der Waals surface area contributed by atoms with Gasteiger partial charge in [-0.2, -0.15) is 0 Å². The molecule has 1 saturated heterocycles. The van der Waals surface area contributed by atoms with E-state index >= 15 is 0 Å². The van der Waals surface area contributed by atoms with Crippen LogP contribution in [0.5, 0.6) is 5.75 Å². The summed E-state index contributed by atoms with van der Waals surface area (Å²) in [4.78, 5) is 73.0. The third kappa shape index (κ3) is 10.3. The number of aryl methyl sites for hydroxylation is 2. The monoisotopic (exact) mass is 823 g/mol. The number of nitrogens with one attached hydrogen (secondary N) is 2. The number of aromatic nitrogens is 5. The first-order valence-electron chi connectivity index (χ1n) is 20.8. The molecule has 60 heavy (non-hydrogen) atoms. The average molecular weight is 824 g/mol. The third-order valence-corrected chi connectivity index (χ3v) is 10.6. The van der Waals surface area contributed by atoms with Gasteiger partial charge in [0, 0.05) is 25.9 Å². The summed E-state index contributed by atoms with van der Waals surface area (Å²) in [5.41, 5.74) is 8.11. The molecule has 1 unspecified atom stereocenters. The van der Waals surface area contributed by atoms with Crippen LogP contribution >= 0.6 is 0 Å². The standard InChI is InChI=1S/C43H53N9O8/c1-4-51-37-31(26-46-29(22-23-43(2,3)58)35(37)48-39(51)36-38(44)50-60-49-36)59-25-14-10-6-8-12-19-32(53)45-24-13-9-5-7-11-16-27-17-15-18-28-34(27)42(57)52(41(28)56)30-20-21-33(54)47-40(30)55/h15,17-18,26,30,58H,4-14,16,19-21,24-25H2,1-3H3,(H2,44,50)(H,45,53)(H,47,54,55). The van der Waals surface area contributed by atoms with E-state index in [4.69, 9.17) is 20.1 Å². The van der Waals surface area contributed by atoms with Crippen LogP contribution in [0.25, 0.3) is 22.6 Å². The normalized spacial score (nSPS) is 15.3. The summed E-state index contributed by atoms with van der Waals surface area (Å²) in [7, 11) is 0. The van der Waals surface area contributed by atoms with Crippen molar-refractivity contribution in [2.24, 2.45) is 0 Å². The second kappa shape index (κ2) is 19.7. The van der Waals surface area contributed by atoms with Crippen molar-refractivity contribution >= 4 is 46.4 Å². The fourth-order valence-corrected chi connectivity index (χ4v) is 7.54. The maximum Gasteiger partial charge on any atom is 0.262 e. The maximum atomic E-state index is 13.3. The van der Waals surface area contributed by atoms with Gasteiger partial charge < -0.3 is 25.5 Å². The van der Waals surface area contributed by atoms with Crippen molar-refractivity contribution in [3.05, 3.63) is 46.8 Å². The van der Waals surface area contributed by atoms with Gasteiger partial charge >= 0.3 is 0 Å². The van der Waals surface area contributed by atoms with Gasteiger partial charge in [0.25, 0.3) is 11.8 Å². The molecule has 0 radical (unpaired) electrons. The molecule has 1 atom stereocenters. The van der Waals surface area contributed by atoms with E-state index in [1.807, 2.05) is 17.6 Å². The zero-order valence-electron chi connectivity index (χ0n) is 34.5. The van der Waals surface area contributed by atoms with E-state index in [0.717, 1.165) is 74.7 Å². The summed E-state index contributed by atoms with van der Waals surface area (Å²) in [5.74, 6) is 4.91. The molecule has 1 aromatic carbocycles. The van der Waals surface area contributed by atoms with Gasteiger partial charge in [-0.3, -0.25) is 34.2 Å². The Morgan fingerprint density at radius 2 is 1.78 bits per heavy atom. The van der Waals surface area contributed by atoms with E-state index in [9.17, 15) is 29.1 Å². The number of imide groups is 2. The van der Waals surface area contributed by atoms with Crippen LogP contribution in [0.4, 0.5) is 5.82 Å². The van der Waals surface area contributed by atoms with E-state index in [1.165, 1.54) is 0 Å². The number of rotatable bonds is 20. The van der Waals surface area contributed by atoms with Crippen molar-refractivity contribution in [3.8, 4) is 29.1 Å². The molecule has 0 saturated carbocycles. The van der Waals surface area contributed by atoms with Crippen LogP contribution in [0.15, 0.2) is 29.0 Å². The summed E-state index contributed by atoms with van der Waals surface area (Å²) < 4.78 is 12.9. The second-order valence-corrected chi connectivity index (χ2v) is 15.7. The quantitative estimate of drug-likeness (QED) is 0.0541. The summed E-state index contributed by atoms with van der Waals surface area (Å²) >= 11 is 0. The SMILES string of the molecule is CCn1c(-c2nonc2N)nc2c(C#CC(C)(C)O)ncc(OCCCCCCCC(=O)NCCCCCCCc3cccc4c3C(=O)N(C3CCC(=O)NC3=O)C4=O)c21. The number of aliphatic hydroxyl groups is 1. The molecule has 0 spiro atoms. The average Bonchev–Trinajstić information content (AvgIpc) is 3.89. The second-order valence-electron chi connectivity index (χ2n) is 15.7. The van der Waals surface area contributed by atoms with Gasteiger partial charge in [0.1, 0.15) is 28.4 Å². The molecule has 3 aromatic heterocycles. The van der Waals surface area contributed by atoms with Gasteiger partial charge in [0.05, 0.1) is 23.9 Å². The van der Waals surface area contributed by atoms with E-state index in [-0.39, 0.29) is 24.6 Å². The minimum atomic E-state index is -1.22. The minimum Gasteiger partial charge on any atom is -0.490 e. The molecule has 0 bridgehead atoms. The van der Waals surface area contributed by atoms with Crippen LogP contribution in [0.2, 0.25) is 0 Å². The fourth-order valence-electron chi connectivity index (χ4n) is 7.54. The van der Waals surface area contributed by atoms with E-state index < -0.39 is 35.3 Å². The molecule has 5 heterocycles. The summed E-state index contributed by atoms with van der Waals surface area (Å²) in [6, 6.07) is 4.26. The van der Waals surface area contributed by atoms with Crippen molar-refractivity contribution in [1.29, 1.82) is 0 Å². The Morgan fingerprint density at radius 1 is 1.03 bits per heavy atom. The molecular formula is C43H53N9O8. The number of carbonyl (C=O) groups is 5. The highest BCUT2D eigenvalue weighted by Crippen LogP contribution is 2.34. The van der Waals surface area contributed by atoms with Gasteiger partial charge in [-0.25, -0.2) is 14.6 Å². The molecule has 1 fully saturated rings. The number of nitrogens with zero attached hydrogens (tertiary/aromatic N) is 6. The molecule has 6 rings (SSSR count). The summed E-state index contributed by atoms with van der Waals surface area (Å²) in [6.07, 6.45) is 12.0. The Hall–Kier alpha value is -6.15. The Bertz CT molecular complexity index is 2300. The molecule has 5 N–H and O–H groups in total. The highest BCUT2D eigenvalue weighted by molar-refractivity contribution is 6.24. The Balaban J connectivity index is 0.846. The largest absolute Gasteiger partial charge is 0.490 e. The Kier molecular flexibility index (Phi) is 14.3. The highest BCUT2D eigenvalue weighted by atomic mass is 16.6. The number of fused-ring (bicyclic) bond motifs is 2. The summed E-state index contributed by atoms with van der Waals surface area (Å²) in [5, 5.41) is 23.1. The molecule has 0 aliphatic carbocycles. The zero-order valence-corrected chi connectivity index (χ0v) is 34.5. The lowest BCUT2D eigenvalue weighted by Gasteiger charge is -2.27. The van der Waals surface area contributed by atoms with E-state index in [2.05, 4.69) is 37.8 Å². The van der Waals surface area contributed by atoms with Crippen LogP contribution in [-0.2, 0) is 27.3 Å². The number of benzene rings is 1. The van der Waals surface area contributed by atoms with Crippen molar-refractivity contribution in [3.63, 3.8) is 0 Å². The predicted octanol–water partition coefficient (Wildman–Crippen LogP) is 4.64. The first kappa shape index (κ1) is 43.4. The van der Waals surface area contributed by atoms with Gasteiger partial charge in [-0.15, -0.1) is 0 Å². The number of imidazole rings is 1. The molecule has 2 aliphatic rings. The Morgan fingerprint density at radius 3 is 2.52 bits per heavy atom. The Labute approximate surface area is 348 Å². The van der Waals surface area contributed by atoms with Gasteiger partial charge in [-0.05, 0) is 87.2 Å². The number of amides is 5. The van der Waals surface area contributed by atoms with Crippen molar-refractivity contribution in [2.45, 2.75) is 129 Å². The van der Waals surface area contributed by atoms with Gasteiger partial charge in [0.15, 0.2) is 23.1 Å². The van der Waals surface area contributed by atoms with Gasteiger partial charge in [0.2, 0.25) is 17.7 Å². The highest BCUT2D eigenvalue weighted by Gasteiger charge is 2.45. The number of unbranched alkanes of at least 4 members (excludes halogenated alkanes) is 8. The van der Waals surface area contributed by atoms with Crippen LogP contribution in [0, 0.1) is 11.8 Å². The number of hydrogen-bond acceptors (Lipinski definition) is 13. The molecule has 17 heteroatoms. The van der Waals surface area contributed by atoms with Crippen LogP contribution < -0.4 is 21.1 Å². The van der Waals surface area contributed by atoms with E-state index in [1.54, 1.807) is 32.2 Å².